The maximum Gasteiger partial charge on any atom is 0.330 e. The molecule has 1 N–H and O–H groups in total. The van der Waals surface area contributed by atoms with E-state index in [4.69, 9.17) is 0 Å². The predicted octanol–water partition coefficient (Wildman–Crippen LogP) is -1.04. The number of hydrogen-bond donors (Lipinski definition) is 1. The van der Waals surface area contributed by atoms with Crippen LogP contribution in [0.1, 0.15) is 12.5 Å². The van der Waals surface area contributed by atoms with Crippen LogP contribution in [0, 0.1) is 0 Å². The Morgan fingerprint density at radius 3 is 2.48 bits per heavy atom. The van der Waals surface area contributed by atoms with Gasteiger partial charge in [-0.15, -0.1) is 0 Å². The highest BCUT2D eigenvalue weighted by molar-refractivity contribution is 5.93. The number of aryl methyl sites for hydroxylation is 1. The highest BCUT2D eigenvalue weighted by atomic mass is 16.2. The lowest BCUT2D eigenvalue weighted by Crippen LogP contribution is -2.41. The van der Waals surface area contributed by atoms with Gasteiger partial charge >= 0.3 is 5.69 Å². The number of carbonyl (C=O) groups is 1. The van der Waals surface area contributed by atoms with Gasteiger partial charge in [-0.25, -0.2) is 4.79 Å². The van der Waals surface area contributed by atoms with E-state index in [1.807, 2.05) is 0 Å². The van der Waals surface area contributed by atoms with Crippen molar-refractivity contribution < 1.29 is 4.79 Å². The largest absolute Gasteiger partial charge is 0.337 e. The van der Waals surface area contributed by atoms with E-state index >= 15 is 0 Å². The Balaban J connectivity index is 2.24. The molecule has 2 heterocycles. The Morgan fingerprint density at radius 2 is 1.95 bits per heavy atom. The summed E-state index contributed by atoms with van der Waals surface area (Å²) in [7, 11) is 4.67. The molecule has 1 aliphatic rings. The van der Waals surface area contributed by atoms with Crippen LogP contribution in [0.3, 0.4) is 0 Å². The molecule has 1 aromatic heterocycles. The molecule has 21 heavy (non-hydrogen) atoms. The van der Waals surface area contributed by atoms with Gasteiger partial charge in [-0.05, 0) is 12.5 Å². The maximum absolute atomic E-state index is 12.3. The lowest BCUT2D eigenvalue weighted by atomic mass is 10.0. The Hall–Kier alpha value is -2.15. The second-order valence-corrected chi connectivity index (χ2v) is 5.41. The molecule has 0 unspecified atom stereocenters. The lowest BCUT2D eigenvalue weighted by molar-refractivity contribution is -0.126. The Kier molecular flexibility index (Phi) is 4.13. The number of amides is 1. The van der Waals surface area contributed by atoms with Crippen LogP contribution in [0.2, 0.25) is 0 Å². The Morgan fingerprint density at radius 1 is 1.33 bits per heavy atom. The Bertz CT molecular complexity index is 721. The smallest absolute Gasteiger partial charge is 0.330 e. The molecule has 0 bridgehead atoms. The zero-order chi connectivity index (χ0) is 15.7. The third-order valence-corrected chi connectivity index (χ3v) is 3.80. The van der Waals surface area contributed by atoms with E-state index in [9.17, 15) is 14.4 Å². The molecule has 0 spiro atoms. The van der Waals surface area contributed by atoms with Gasteiger partial charge in [-0.3, -0.25) is 14.2 Å². The zero-order valence-electron chi connectivity index (χ0n) is 12.8. The molecule has 7 nitrogen and oxygen atoms in total. The van der Waals surface area contributed by atoms with Gasteiger partial charge in [0.15, 0.2) is 0 Å². The van der Waals surface area contributed by atoms with E-state index in [2.05, 4.69) is 5.32 Å². The van der Waals surface area contributed by atoms with E-state index < -0.39 is 0 Å². The molecule has 0 aliphatic carbocycles. The average molecular weight is 292 g/mol. The fraction of sp³-hybridized carbons (Fsp3) is 0.500. The van der Waals surface area contributed by atoms with Gasteiger partial charge in [-0.1, -0.05) is 0 Å². The second-order valence-electron chi connectivity index (χ2n) is 5.41. The number of hydrogen-bond acceptors (Lipinski definition) is 4. The molecule has 1 saturated heterocycles. The first-order valence-corrected chi connectivity index (χ1v) is 6.73. The van der Waals surface area contributed by atoms with Crippen LogP contribution in [0.25, 0.3) is 0 Å². The van der Waals surface area contributed by atoms with Crippen molar-refractivity contribution in [1.82, 2.24) is 19.4 Å². The van der Waals surface area contributed by atoms with Gasteiger partial charge in [0, 0.05) is 46.0 Å². The molecule has 2 rings (SSSR count). The van der Waals surface area contributed by atoms with E-state index in [1.165, 1.54) is 22.7 Å². The summed E-state index contributed by atoms with van der Waals surface area (Å²) in [5.41, 5.74) is 1.49. The number of aromatic nitrogens is 2. The topological polar surface area (TPSA) is 76.3 Å². The quantitative estimate of drug-likeness (QED) is 0.722. The van der Waals surface area contributed by atoms with Crippen LogP contribution in [0.15, 0.2) is 26.9 Å². The number of carbonyl (C=O) groups excluding carboxylic acids is 1. The van der Waals surface area contributed by atoms with Crippen LogP contribution in [0.5, 0.6) is 0 Å². The minimum absolute atomic E-state index is 0.0950. The van der Waals surface area contributed by atoms with E-state index in [1.54, 1.807) is 21.0 Å². The van der Waals surface area contributed by atoms with Crippen molar-refractivity contribution in [2.24, 2.45) is 14.1 Å². The fourth-order valence-corrected chi connectivity index (χ4v) is 2.27. The molecule has 0 aromatic carbocycles. The summed E-state index contributed by atoms with van der Waals surface area (Å²) < 4.78 is 2.39. The van der Waals surface area contributed by atoms with Crippen LogP contribution in [-0.4, -0.2) is 40.1 Å². The van der Waals surface area contributed by atoms with Crippen LogP contribution in [-0.2, 0) is 25.4 Å². The molecule has 7 heteroatoms. The normalized spacial score (nSPS) is 13.8. The van der Waals surface area contributed by atoms with Gasteiger partial charge in [0.1, 0.15) is 0 Å². The maximum atomic E-state index is 12.3. The standard InChI is InChI=1S/C14H20N4O3/c1-9(10-5-15-6-10)12(19)16(2)7-11-8-17(3)14(21)18(4)13(11)20/h8,15H,5-7H2,1-4H3. The van der Waals surface area contributed by atoms with Crippen molar-refractivity contribution >= 4 is 5.91 Å². The summed E-state index contributed by atoms with van der Waals surface area (Å²) in [5, 5.41) is 3.10. The SMILES string of the molecule is CC(C(=O)N(C)Cc1cn(C)c(=O)n(C)c1=O)=C1CNC1. The summed E-state index contributed by atoms with van der Waals surface area (Å²) in [4.78, 5) is 37.5. The number of nitrogens with one attached hydrogen (secondary N) is 1. The predicted molar refractivity (Wildman–Crippen MR) is 79.0 cm³/mol. The highest BCUT2D eigenvalue weighted by Crippen LogP contribution is 2.12. The van der Waals surface area contributed by atoms with Crippen molar-refractivity contribution in [2.45, 2.75) is 13.5 Å². The third kappa shape index (κ3) is 2.82. The summed E-state index contributed by atoms with van der Waals surface area (Å²) in [6.07, 6.45) is 1.49. The molecule has 1 amide bonds. The van der Waals surface area contributed by atoms with E-state index in [-0.39, 0.29) is 23.7 Å². The van der Waals surface area contributed by atoms with E-state index in [0.717, 1.165) is 28.8 Å². The fourth-order valence-electron chi connectivity index (χ4n) is 2.27. The van der Waals surface area contributed by atoms with Gasteiger partial charge in [0.05, 0.1) is 12.1 Å². The summed E-state index contributed by atoms with van der Waals surface area (Å²) in [6, 6.07) is 0. The van der Waals surface area contributed by atoms with Crippen molar-refractivity contribution in [1.29, 1.82) is 0 Å². The molecule has 1 aliphatic heterocycles. The van der Waals surface area contributed by atoms with Crippen molar-refractivity contribution in [3.8, 4) is 0 Å². The van der Waals surface area contributed by atoms with Gasteiger partial charge < -0.3 is 14.8 Å². The first-order chi connectivity index (χ1) is 9.82. The van der Waals surface area contributed by atoms with Crippen molar-refractivity contribution in [3.63, 3.8) is 0 Å². The first-order valence-electron chi connectivity index (χ1n) is 6.73. The lowest BCUT2D eigenvalue weighted by Gasteiger charge is -2.24. The highest BCUT2D eigenvalue weighted by Gasteiger charge is 2.20. The molecule has 114 valence electrons. The zero-order valence-corrected chi connectivity index (χ0v) is 12.8. The molecule has 0 radical (unpaired) electrons. The molecule has 0 atom stereocenters. The molecular formula is C14H20N4O3. The van der Waals surface area contributed by atoms with Crippen LogP contribution >= 0.6 is 0 Å². The minimum atomic E-state index is -0.378. The monoisotopic (exact) mass is 292 g/mol. The molecule has 0 saturated carbocycles. The Labute approximate surface area is 122 Å². The van der Waals surface area contributed by atoms with Gasteiger partial charge in [-0.2, -0.15) is 0 Å². The van der Waals surface area contributed by atoms with Gasteiger partial charge in [0.25, 0.3) is 5.56 Å². The summed E-state index contributed by atoms with van der Waals surface area (Å²) in [6.45, 7) is 3.46. The molecular weight excluding hydrogens is 272 g/mol. The molecule has 1 fully saturated rings. The first kappa shape index (κ1) is 15.2. The number of rotatable bonds is 3. The van der Waals surface area contributed by atoms with Crippen LogP contribution in [0.4, 0.5) is 0 Å². The molecule has 1 aromatic rings. The van der Waals surface area contributed by atoms with Crippen molar-refractivity contribution in [2.75, 3.05) is 20.1 Å². The minimum Gasteiger partial charge on any atom is -0.337 e. The van der Waals surface area contributed by atoms with Crippen LogP contribution < -0.4 is 16.6 Å². The van der Waals surface area contributed by atoms with E-state index in [0.29, 0.717) is 5.56 Å². The number of likely N-dealkylation sites (N-methyl/N-ethyl adjacent to an activating group) is 1. The van der Waals surface area contributed by atoms with Crippen molar-refractivity contribution in [3.05, 3.63) is 43.7 Å². The summed E-state index contributed by atoms with van der Waals surface area (Å²) in [5.74, 6) is -0.0950. The average Bonchev–Trinajstić information content (AvgIpc) is 2.39. The second kappa shape index (κ2) is 5.69. The number of nitrogens with zero attached hydrogens (tertiary/aromatic N) is 3. The van der Waals surface area contributed by atoms with Gasteiger partial charge in [0.2, 0.25) is 5.91 Å². The third-order valence-electron chi connectivity index (χ3n) is 3.80. The summed E-state index contributed by atoms with van der Waals surface area (Å²) >= 11 is 0.